The van der Waals surface area contributed by atoms with Gasteiger partial charge in [0.2, 0.25) is 0 Å². The van der Waals surface area contributed by atoms with Crippen LogP contribution >= 0.6 is 0 Å². The summed E-state index contributed by atoms with van der Waals surface area (Å²) < 4.78 is 53.9. The summed E-state index contributed by atoms with van der Waals surface area (Å²) in [6.45, 7) is 2.24. The van der Waals surface area contributed by atoms with Crippen molar-refractivity contribution in [1.82, 2.24) is 0 Å². The predicted octanol–water partition coefficient (Wildman–Crippen LogP) is 7.87. The zero-order valence-corrected chi connectivity index (χ0v) is 16.6. The highest BCUT2D eigenvalue weighted by molar-refractivity contribution is 5.22. The highest BCUT2D eigenvalue weighted by atomic mass is 19.2. The Labute approximate surface area is 168 Å². The van der Waals surface area contributed by atoms with Gasteiger partial charge in [-0.15, -0.1) is 0 Å². The highest BCUT2D eigenvalue weighted by Crippen LogP contribution is 2.51. The van der Waals surface area contributed by atoms with Gasteiger partial charge in [0.1, 0.15) is 0 Å². The third kappa shape index (κ3) is 4.40. The molecule has 1 aromatic rings. The molecule has 0 heterocycles. The van der Waals surface area contributed by atoms with E-state index >= 15 is 0 Å². The molecule has 4 rings (SSSR count). The molecular formula is C25H36F2. The Balaban J connectivity index is 1.45. The van der Waals surface area contributed by atoms with E-state index in [1.54, 1.807) is 6.07 Å². The summed E-state index contributed by atoms with van der Waals surface area (Å²) in [5.74, 6) is -0.0678. The number of fused-ring (bicyclic) bond motifs is 1. The topological polar surface area (TPSA) is 0 Å². The highest BCUT2D eigenvalue weighted by Gasteiger charge is 2.39. The molecule has 0 radical (unpaired) electrons. The lowest BCUT2D eigenvalue weighted by atomic mass is 9.60. The van der Waals surface area contributed by atoms with Crippen molar-refractivity contribution in [1.29, 1.82) is 0 Å². The fourth-order valence-electron chi connectivity index (χ4n) is 6.03. The Morgan fingerprint density at radius 3 is 2.41 bits per heavy atom. The number of rotatable bonds is 4. The summed E-state index contributed by atoms with van der Waals surface area (Å²) in [4.78, 5) is 0. The lowest BCUT2D eigenvalue weighted by Crippen LogP contribution is -2.34. The molecule has 0 N–H and O–H groups in total. The minimum absolute atomic E-state index is 0.144. The first-order valence-electron chi connectivity index (χ1n) is 12.7. The average Bonchev–Trinajstić information content (AvgIpc) is 2.70. The Kier molecular flexibility index (Phi) is 5.09. The van der Waals surface area contributed by atoms with Gasteiger partial charge >= 0.3 is 0 Å². The molecule has 27 heavy (non-hydrogen) atoms. The average molecular weight is 378 g/mol. The van der Waals surface area contributed by atoms with Gasteiger partial charge in [0.25, 0.3) is 0 Å². The van der Waals surface area contributed by atoms with E-state index in [4.69, 9.17) is 4.11 Å². The Bertz CT molecular complexity index is 729. The predicted molar refractivity (Wildman–Crippen MR) is 108 cm³/mol. The van der Waals surface area contributed by atoms with Gasteiger partial charge in [-0.2, -0.15) is 0 Å². The number of halogens is 2. The van der Waals surface area contributed by atoms with Gasteiger partial charge in [0, 0.05) is 4.11 Å². The van der Waals surface area contributed by atoms with Crippen LogP contribution in [0.2, 0.25) is 0 Å². The van der Waals surface area contributed by atoms with Crippen LogP contribution in [0.5, 0.6) is 0 Å². The number of hydrogen-bond acceptors (Lipinski definition) is 0. The van der Waals surface area contributed by atoms with Crippen LogP contribution in [0.25, 0.3) is 0 Å². The summed E-state index contributed by atoms with van der Waals surface area (Å²) in [7, 11) is 0. The van der Waals surface area contributed by atoms with Gasteiger partial charge in [-0.05, 0) is 104 Å². The molecule has 3 saturated carbocycles. The molecule has 0 saturated heterocycles. The molecule has 3 fully saturated rings. The van der Waals surface area contributed by atoms with Crippen LogP contribution in [0, 0.1) is 41.2 Å². The van der Waals surface area contributed by atoms with E-state index in [1.807, 2.05) is 0 Å². The Hall–Kier alpha value is -0.920. The first kappa shape index (κ1) is 15.9. The normalized spacial score (nSPS) is 43.2. The van der Waals surface area contributed by atoms with E-state index in [-0.39, 0.29) is 30.1 Å². The summed E-state index contributed by atoms with van der Waals surface area (Å²) >= 11 is 0. The monoisotopic (exact) mass is 377 g/mol. The lowest BCUT2D eigenvalue weighted by molar-refractivity contribution is 0.0711. The van der Waals surface area contributed by atoms with Crippen LogP contribution < -0.4 is 0 Å². The molecule has 0 amide bonds. The second kappa shape index (κ2) is 8.62. The van der Waals surface area contributed by atoms with Gasteiger partial charge in [-0.1, -0.05) is 38.7 Å². The third-order valence-corrected chi connectivity index (χ3v) is 7.62. The van der Waals surface area contributed by atoms with Crippen molar-refractivity contribution in [3.05, 3.63) is 35.4 Å². The van der Waals surface area contributed by atoms with Crippen LogP contribution in [0.1, 0.15) is 99.5 Å². The summed E-state index contributed by atoms with van der Waals surface area (Å²) in [5, 5.41) is 0. The van der Waals surface area contributed by atoms with Gasteiger partial charge in [0.15, 0.2) is 11.6 Å². The van der Waals surface area contributed by atoms with E-state index < -0.39 is 18.0 Å². The smallest absolute Gasteiger partial charge is 0.159 e. The van der Waals surface area contributed by atoms with E-state index in [0.717, 1.165) is 43.6 Å². The van der Waals surface area contributed by atoms with Crippen molar-refractivity contribution < 1.29 is 12.9 Å². The maximum atomic E-state index is 13.7. The van der Waals surface area contributed by atoms with E-state index in [1.165, 1.54) is 37.8 Å². The second-order valence-electron chi connectivity index (χ2n) is 9.30. The quantitative estimate of drug-likeness (QED) is 0.501. The van der Waals surface area contributed by atoms with Crippen molar-refractivity contribution in [3.63, 3.8) is 0 Å². The zero-order valence-electron chi connectivity index (χ0n) is 19.6. The number of benzene rings is 1. The molecular weight excluding hydrogens is 338 g/mol. The minimum Gasteiger partial charge on any atom is -0.204 e. The van der Waals surface area contributed by atoms with Crippen molar-refractivity contribution >= 4 is 0 Å². The second-order valence-corrected chi connectivity index (χ2v) is 9.30. The van der Waals surface area contributed by atoms with Gasteiger partial charge in [0.05, 0.1) is 0 Å². The molecule has 3 aliphatic carbocycles. The third-order valence-electron chi connectivity index (χ3n) is 7.62. The van der Waals surface area contributed by atoms with E-state index in [2.05, 4.69) is 6.92 Å². The van der Waals surface area contributed by atoms with Crippen LogP contribution in [-0.2, 0) is 0 Å². The Morgan fingerprint density at radius 2 is 1.67 bits per heavy atom. The fourth-order valence-corrected chi connectivity index (χ4v) is 6.03. The number of hydrogen-bond donors (Lipinski definition) is 0. The van der Waals surface area contributed by atoms with E-state index in [0.29, 0.717) is 12.3 Å². The van der Waals surface area contributed by atoms with Crippen molar-refractivity contribution in [3.8, 4) is 0 Å². The van der Waals surface area contributed by atoms with Crippen molar-refractivity contribution in [2.75, 3.05) is 0 Å². The summed E-state index contributed by atoms with van der Waals surface area (Å²) in [6.07, 6.45) is 8.54. The van der Waals surface area contributed by atoms with Crippen LogP contribution in [0.4, 0.5) is 8.78 Å². The maximum absolute atomic E-state index is 13.7. The standard InChI is InChI=1S/C25H36F2/c1-2-3-17-4-6-18(7-5-17)19-8-9-21-15-22(11-10-20(21)14-19)23-12-13-24(26)25(27)16-23/h12-13,16-22H,2-11,14-15H2,1H3/i8D2,14D. The van der Waals surface area contributed by atoms with Crippen LogP contribution in [-0.4, -0.2) is 0 Å². The molecule has 0 bridgehead atoms. The first-order valence-corrected chi connectivity index (χ1v) is 11.2. The summed E-state index contributed by atoms with van der Waals surface area (Å²) in [5.41, 5.74) is 0.825. The molecule has 5 unspecified atom stereocenters. The molecule has 0 spiro atoms. The molecule has 3 aliphatic rings. The Morgan fingerprint density at radius 1 is 0.889 bits per heavy atom. The SMILES string of the molecule is [2H]C1C2CCC(c3ccc(F)c(F)c3)CC2CC([2H])([2H])C1C1CCC(CCC)CC1. The lowest BCUT2D eigenvalue weighted by Gasteiger charge is -2.45. The van der Waals surface area contributed by atoms with Crippen molar-refractivity contribution in [2.24, 2.45) is 29.6 Å². The summed E-state index contributed by atoms with van der Waals surface area (Å²) in [6, 6.07) is 4.19. The van der Waals surface area contributed by atoms with E-state index in [9.17, 15) is 8.78 Å². The van der Waals surface area contributed by atoms with Gasteiger partial charge in [-0.3, -0.25) is 0 Å². The molecule has 0 aliphatic heterocycles. The van der Waals surface area contributed by atoms with Crippen LogP contribution in [0.15, 0.2) is 18.2 Å². The molecule has 5 atom stereocenters. The first-order chi connectivity index (χ1) is 14.3. The zero-order chi connectivity index (χ0) is 21.5. The molecule has 0 aromatic heterocycles. The van der Waals surface area contributed by atoms with Crippen LogP contribution in [0.3, 0.4) is 0 Å². The maximum Gasteiger partial charge on any atom is 0.159 e. The molecule has 1 aromatic carbocycles. The van der Waals surface area contributed by atoms with Crippen molar-refractivity contribution in [2.45, 2.75) is 89.8 Å². The molecule has 150 valence electrons. The minimum atomic E-state index is -1.30. The molecule has 2 heteroatoms. The largest absolute Gasteiger partial charge is 0.204 e. The fraction of sp³-hybridized carbons (Fsp3) is 0.760. The molecule has 0 nitrogen and oxygen atoms in total. The van der Waals surface area contributed by atoms with Gasteiger partial charge < -0.3 is 0 Å². The van der Waals surface area contributed by atoms with Gasteiger partial charge in [-0.25, -0.2) is 8.78 Å².